The summed E-state index contributed by atoms with van der Waals surface area (Å²) < 4.78 is 10.9. The van der Waals surface area contributed by atoms with Crippen molar-refractivity contribution in [3.8, 4) is 0 Å². The highest BCUT2D eigenvalue weighted by Gasteiger charge is 2.19. The molecule has 0 spiro atoms. The number of thiophene rings is 1. The van der Waals surface area contributed by atoms with Crippen LogP contribution >= 0.6 is 11.3 Å². The molecule has 0 saturated heterocycles. The maximum Gasteiger partial charge on any atom is 0.311 e. The van der Waals surface area contributed by atoms with Crippen LogP contribution < -0.4 is 5.32 Å². The Balaban J connectivity index is 1.58. The summed E-state index contributed by atoms with van der Waals surface area (Å²) >= 11 is 1.56. The third-order valence-electron chi connectivity index (χ3n) is 4.37. The number of esters is 1. The first-order valence-electron chi connectivity index (χ1n) is 8.41. The maximum absolute atomic E-state index is 12.2. The summed E-state index contributed by atoms with van der Waals surface area (Å²) in [5, 5.41) is 5.62. The standard InChI is InChI=1S/C20H21NO4S/c1-12-6-7-17-15(11-24-19(17)13(12)2)9-18(22)25-14(3)20(23)21-10-16-5-4-8-26-16/h4-8,11,14H,9-10H2,1-3H3,(H,21,23)/t14-/m0/s1. The molecule has 0 aliphatic heterocycles. The smallest absolute Gasteiger partial charge is 0.311 e. The first kappa shape index (κ1) is 18.2. The van der Waals surface area contributed by atoms with Gasteiger partial charge in [0.1, 0.15) is 5.58 Å². The van der Waals surface area contributed by atoms with Crippen molar-refractivity contribution in [2.45, 2.75) is 39.8 Å². The van der Waals surface area contributed by atoms with E-state index in [1.165, 1.54) is 0 Å². The third kappa shape index (κ3) is 3.96. The fraction of sp³-hybridized carbons (Fsp3) is 0.300. The summed E-state index contributed by atoms with van der Waals surface area (Å²) in [4.78, 5) is 25.3. The number of hydrogen-bond acceptors (Lipinski definition) is 5. The van der Waals surface area contributed by atoms with Crippen LogP contribution in [0.5, 0.6) is 0 Å². The summed E-state index contributed by atoms with van der Waals surface area (Å²) in [5.74, 6) is -0.764. The molecule has 26 heavy (non-hydrogen) atoms. The Hall–Kier alpha value is -2.60. The van der Waals surface area contributed by atoms with Crippen molar-refractivity contribution in [3.05, 3.63) is 57.5 Å². The van der Waals surface area contributed by atoms with Gasteiger partial charge in [0.2, 0.25) is 0 Å². The van der Waals surface area contributed by atoms with E-state index in [1.54, 1.807) is 24.5 Å². The molecule has 0 fully saturated rings. The lowest BCUT2D eigenvalue weighted by Crippen LogP contribution is -2.35. The van der Waals surface area contributed by atoms with Gasteiger partial charge in [-0.05, 0) is 43.3 Å². The molecular formula is C20H21NO4S. The van der Waals surface area contributed by atoms with Gasteiger partial charge in [-0.3, -0.25) is 9.59 Å². The van der Waals surface area contributed by atoms with E-state index in [9.17, 15) is 9.59 Å². The highest BCUT2D eigenvalue weighted by atomic mass is 32.1. The third-order valence-corrected chi connectivity index (χ3v) is 5.25. The molecule has 136 valence electrons. The van der Waals surface area contributed by atoms with Gasteiger partial charge in [-0.1, -0.05) is 18.2 Å². The number of benzene rings is 1. The number of fused-ring (bicyclic) bond motifs is 1. The summed E-state index contributed by atoms with van der Waals surface area (Å²) in [6.07, 6.45) is 0.808. The number of rotatable bonds is 6. The lowest BCUT2D eigenvalue weighted by Gasteiger charge is -2.13. The molecule has 0 unspecified atom stereocenters. The van der Waals surface area contributed by atoms with E-state index in [4.69, 9.17) is 9.15 Å². The average Bonchev–Trinajstić information content (AvgIpc) is 3.26. The van der Waals surface area contributed by atoms with Crippen molar-refractivity contribution >= 4 is 34.2 Å². The monoisotopic (exact) mass is 371 g/mol. The first-order valence-corrected chi connectivity index (χ1v) is 9.29. The average molecular weight is 371 g/mol. The van der Waals surface area contributed by atoms with Crippen LogP contribution in [0.25, 0.3) is 11.0 Å². The van der Waals surface area contributed by atoms with Gasteiger partial charge in [0.25, 0.3) is 5.91 Å². The maximum atomic E-state index is 12.2. The Bertz CT molecular complexity index is 927. The van der Waals surface area contributed by atoms with E-state index in [-0.39, 0.29) is 12.3 Å². The highest BCUT2D eigenvalue weighted by molar-refractivity contribution is 7.09. The number of nitrogens with one attached hydrogen (secondary N) is 1. The van der Waals surface area contributed by atoms with Crippen LogP contribution in [0.3, 0.4) is 0 Å². The molecule has 2 aromatic heterocycles. The van der Waals surface area contributed by atoms with Crippen molar-refractivity contribution in [2.24, 2.45) is 0 Å². The zero-order valence-electron chi connectivity index (χ0n) is 15.0. The molecule has 0 radical (unpaired) electrons. The van der Waals surface area contributed by atoms with Gasteiger partial charge in [-0.15, -0.1) is 11.3 Å². The van der Waals surface area contributed by atoms with Gasteiger partial charge in [-0.2, -0.15) is 0 Å². The molecule has 3 rings (SSSR count). The van der Waals surface area contributed by atoms with E-state index < -0.39 is 12.1 Å². The summed E-state index contributed by atoms with van der Waals surface area (Å²) in [5.41, 5.74) is 3.74. The van der Waals surface area contributed by atoms with Crippen molar-refractivity contribution in [1.29, 1.82) is 0 Å². The topological polar surface area (TPSA) is 68.5 Å². The molecule has 1 amide bonds. The molecule has 0 bridgehead atoms. The predicted molar refractivity (Wildman–Crippen MR) is 101 cm³/mol. The second-order valence-corrected chi connectivity index (χ2v) is 7.28. The molecule has 3 aromatic rings. The SMILES string of the molecule is Cc1ccc2c(CC(=O)O[C@@H](C)C(=O)NCc3cccs3)coc2c1C. The predicted octanol–water partition coefficient (Wildman–Crippen LogP) is 3.90. The van der Waals surface area contributed by atoms with Crippen molar-refractivity contribution in [2.75, 3.05) is 0 Å². The molecule has 1 N–H and O–H groups in total. The summed E-state index contributed by atoms with van der Waals surface area (Å²) in [7, 11) is 0. The normalized spacial score (nSPS) is 12.1. The number of hydrogen-bond donors (Lipinski definition) is 1. The first-order chi connectivity index (χ1) is 12.5. The lowest BCUT2D eigenvalue weighted by atomic mass is 10.0. The Morgan fingerprint density at radius 1 is 1.27 bits per heavy atom. The van der Waals surface area contributed by atoms with E-state index in [1.807, 2.05) is 43.5 Å². The minimum absolute atomic E-state index is 0.0675. The molecule has 2 heterocycles. The second-order valence-electron chi connectivity index (χ2n) is 6.25. The quantitative estimate of drug-likeness (QED) is 0.667. The van der Waals surface area contributed by atoms with Gasteiger partial charge in [0.05, 0.1) is 19.2 Å². The Kier molecular flexibility index (Phi) is 5.42. The number of amides is 1. The van der Waals surface area contributed by atoms with Crippen molar-refractivity contribution in [1.82, 2.24) is 5.32 Å². The van der Waals surface area contributed by atoms with Gasteiger partial charge in [0.15, 0.2) is 6.10 Å². The molecule has 0 aliphatic carbocycles. The van der Waals surface area contributed by atoms with Crippen LogP contribution in [-0.2, 0) is 27.3 Å². The lowest BCUT2D eigenvalue weighted by molar-refractivity contribution is -0.154. The zero-order valence-corrected chi connectivity index (χ0v) is 15.8. The number of aryl methyl sites for hydroxylation is 2. The van der Waals surface area contributed by atoms with Gasteiger partial charge in [0, 0.05) is 15.8 Å². The summed E-state index contributed by atoms with van der Waals surface area (Å²) in [6.45, 7) is 6.01. The van der Waals surface area contributed by atoms with Crippen molar-refractivity contribution < 1.29 is 18.7 Å². The second kappa shape index (κ2) is 7.74. The molecule has 1 aromatic carbocycles. The molecule has 6 heteroatoms. The van der Waals surface area contributed by atoms with Crippen LogP contribution in [0, 0.1) is 13.8 Å². The van der Waals surface area contributed by atoms with Gasteiger partial charge >= 0.3 is 5.97 Å². The molecular weight excluding hydrogens is 350 g/mol. The van der Waals surface area contributed by atoms with Crippen LogP contribution in [-0.4, -0.2) is 18.0 Å². The van der Waals surface area contributed by atoms with Gasteiger partial charge < -0.3 is 14.5 Å². The van der Waals surface area contributed by atoms with E-state index in [2.05, 4.69) is 5.32 Å². The molecule has 0 saturated carbocycles. The Morgan fingerprint density at radius 3 is 2.81 bits per heavy atom. The molecule has 1 atom stereocenters. The van der Waals surface area contributed by atoms with Crippen LogP contribution in [0.2, 0.25) is 0 Å². The number of ether oxygens (including phenoxy) is 1. The molecule has 5 nitrogen and oxygen atoms in total. The van der Waals surface area contributed by atoms with Crippen molar-refractivity contribution in [3.63, 3.8) is 0 Å². The number of furan rings is 1. The van der Waals surface area contributed by atoms with E-state index in [0.29, 0.717) is 6.54 Å². The van der Waals surface area contributed by atoms with Crippen LogP contribution in [0.15, 0.2) is 40.3 Å². The van der Waals surface area contributed by atoms with Crippen LogP contribution in [0.4, 0.5) is 0 Å². The van der Waals surface area contributed by atoms with Gasteiger partial charge in [-0.25, -0.2) is 0 Å². The fourth-order valence-corrected chi connectivity index (χ4v) is 3.35. The minimum atomic E-state index is -0.843. The zero-order chi connectivity index (χ0) is 18.7. The number of carbonyl (C=O) groups excluding carboxylic acids is 2. The van der Waals surface area contributed by atoms with E-state index >= 15 is 0 Å². The minimum Gasteiger partial charge on any atom is -0.464 e. The largest absolute Gasteiger partial charge is 0.464 e. The Morgan fingerprint density at radius 2 is 2.08 bits per heavy atom. The fourth-order valence-electron chi connectivity index (χ4n) is 2.70. The highest BCUT2D eigenvalue weighted by Crippen LogP contribution is 2.27. The number of carbonyl (C=O) groups is 2. The Labute approximate surface area is 156 Å². The van der Waals surface area contributed by atoms with Crippen LogP contribution in [0.1, 0.15) is 28.5 Å². The summed E-state index contributed by atoms with van der Waals surface area (Å²) in [6, 6.07) is 7.81. The molecule has 0 aliphatic rings. The van der Waals surface area contributed by atoms with E-state index in [0.717, 1.165) is 32.5 Å².